The smallest absolute Gasteiger partial charge is 0.289 e. The predicted octanol–water partition coefficient (Wildman–Crippen LogP) is 1.76. The lowest BCUT2D eigenvalue weighted by atomic mass is 10.0. The molecule has 0 spiro atoms. The molecule has 2 heterocycles. The first-order valence-corrected chi connectivity index (χ1v) is 4.44. The number of nitro groups is 1. The molecule has 0 unspecified atom stereocenters. The molecule has 0 atom stereocenters. The van der Waals surface area contributed by atoms with Gasteiger partial charge in [0, 0.05) is 12.0 Å². The highest BCUT2D eigenvalue weighted by Gasteiger charge is 2.25. The normalized spacial score (nSPS) is 16.4. The Bertz CT molecular complexity index is 379. The maximum Gasteiger partial charge on any atom is 0.289 e. The van der Waals surface area contributed by atoms with E-state index in [0.717, 1.165) is 0 Å². The Morgan fingerprint density at radius 3 is 2.79 bits per heavy atom. The molecule has 1 fully saturated rings. The van der Waals surface area contributed by atoms with Crippen LogP contribution in [0, 0.1) is 10.1 Å². The van der Waals surface area contributed by atoms with Gasteiger partial charge in [-0.05, 0) is 0 Å². The van der Waals surface area contributed by atoms with Gasteiger partial charge in [0.15, 0.2) is 0 Å². The van der Waals surface area contributed by atoms with Crippen molar-refractivity contribution in [2.24, 2.45) is 0 Å². The summed E-state index contributed by atoms with van der Waals surface area (Å²) in [6, 6.07) is 1.32. The summed E-state index contributed by atoms with van der Waals surface area (Å²) in [7, 11) is 0. The van der Waals surface area contributed by atoms with Gasteiger partial charge in [-0.25, -0.2) is 0 Å². The third-order valence-corrected chi connectivity index (χ3v) is 2.39. The molecular weight excluding hydrogens is 208 g/mol. The first-order valence-electron chi connectivity index (χ1n) is 4.06. The largest absolute Gasteiger partial charge is 0.380 e. The summed E-state index contributed by atoms with van der Waals surface area (Å²) >= 11 is 5.86. The fraction of sp³-hybridized carbons (Fsp3) is 0.375. The summed E-state index contributed by atoms with van der Waals surface area (Å²) in [5.74, 6) is 0.184. The Morgan fingerprint density at radius 2 is 2.36 bits per heavy atom. The highest BCUT2D eigenvalue weighted by molar-refractivity contribution is 6.31. The fourth-order valence-corrected chi connectivity index (χ4v) is 1.55. The van der Waals surface area contributed by atoms with Crippen molar-refractivity contribution < 1.29 is 9.66 Å². The Kier molecular flexibility index (Phi) is 2.35. The zero-order chi connectivity index (χ0) is 10.1. The number of rotatable bonds is 2. The first kappa shape index (κ1) is 9.36. The van der Waals surface area contributed by atoms with E-state index in [2.05, 4.69) is 4.98 Å². The van der Waals surface area contributed by atoms with Gasteiger partial charge in [-0.15, -0.1) is 0 Å². The number of pyridine rings is 1. The van der Waals surface area contributed by atoms with Crippen LogP contribution in [0.1, 0.15) is 11.6 Å². The molecule has 1 aromatic rings. The second-order valence-electron chi connectivity index (χ2n) is 3.05. The van der Waals surface area contributed by atoms with Crippen LogP contribution in [0.4, 0.5) is 5.69 Å². The summed E-state index contributed by atoms with van der Waals surface area (Å²) in [5, 5.41) is 10.7. The van der Waals surface area contributed by atoms with Crippen LogP contribution >= 0.6 is 11.6 Å². The van der Waals surface area contributed by atoms with Gasteiger partial charge in [0.1, 0.15) is 6.20 Å². The maximum absolute atomic E-state index is 10.4. The van der Waals surface area contributed by atoms with Crippen molar-refractivity contribution in [3.8, 4) is 0 Å². The molecule has 6 heteroatoms. The van der Waals surface area contributed by atoms with E-state index in [0.29, 0.717) is 23.9 Å². The quantitative estimate of drug-likeness (QED) is 0.556. The molecule has 1 aliphatic rings. The van der Waals surface area contributed by atoms with Gasteiger partial charge in [-0.1, -0.05) is 11.6 Å². The lowest BCUT2D eigenvalue weighted by molar-refractivity contribution is -0.385. The van der Waals surface area contributed by atoms with Crippen LogP contribution in [0.15, 0.2) is 12.3 Å². The van der Waals surface area contributed by atoms with Gasteiger partial charge in [0.05, 0.1) is 28.9 Å². The Hall–Kier alpha value is -1.20. The highest BCUT2D eigenvalue weighted by Crippen LogP contribution is 2.30. The van der Waals surface area contributed by atoms with Crippen molar-refractivity contribution in [3.63, 3.8) is 0 Å². The first-order chi connectivity index (χ1) is 6.68. The third-order valence-electron chi connectivity index (χ3n) is 2.09. The van der Waals surface area contributed by atoms with E-state index in [-0.39, 0.29) is 11.6 Å². The summed E-state index contributed by atoms with van der Waals surface area (Å²) in [6.45, 7) is 1.18. The van der Waals surface area contributed by atoms with Crippen molar-refractivity contribution in [1.29, 1.82) is 0 Å². The third kappa shape index (κ3) is 1.56. The second-order valence-corrected chi connectivity index (χ2v) is 3.46. The second kappa shape index (κ2) is 3.51. The predicted molar refractivity (Wildman–Crippen MR) is 49.5 cm³/mol. The molecule has 0 bridgehead atoms. The number of ether oxygens (including phenoxy) is 1. The minimum atomic E-state index is -0.514. The maximum atomic E-state index is 10.4. The molecule has 1 aliphatic heterocycles. The van der Waals surface area contributed by atoms with E-state index in [4.69, 9.17) is 16.3 Å². The highest BCUT2D eigenvalue weighted by atomic mass is 35.5. The van der Waals surface area contributed by atoms with Crippen molar-refractivity contribution in [1.82, 2.24) is 4.98 Å². The van der Waals surface area contributed by atoms with E-state index in [1.54, 1.807) is 0 Å². The molecule has 14 heavy (non-hydrogen) atoms. The Morgan fingerprint density at radius 1 is 1.64 bits per heavy atom. The molecule has 2 rings (SSSR count). The van der Waals surface area contributed by atoms with Crippen molar-refractivity contribution in [3.05, 3.63) is 33.1 Å². The van der Waals surface area contributed by atoms with Crippen molar-refractivity contribution >= 4 is 17.3 Å². The molecule has 1 aromatic heterocycles. The summed E-state index contributed by atoms with van der Waals surface area (Å²) in [5.41, 5.74) is 0.600. The van der Waals surface area contributed by atoms with E-state index in [1.165, 1.54) is 12.3 Å². The molecule has 0 radical (unpaired) electrons. The van der Waals surface area contributed by atoms with Gasteiger partial charge in [0.25, 0.3) is 5.69 Å². The van der Waals surface area contributed by atoms with Crippen LogP contribution in [-0.4, -0.2) is 23.1 Å². The van der Waals surface area contributed by atoms with E-state index in [1.807, 2.05) is 0 Å². The lowest BCUT2D eigenvalue weighted by Crippen LogP contribution is -2.26. The van der Waals surface area contributed by atoms with Gasteiger partial charge in [-0.3, -0.25) is 15.1 Å². The molecule has 0 saturated carbocycles. The molecule has 0 N–H and O–H groups in total. The van der Waals surface area contributed by atoms with Crippen LogP contribution in [0.2, 0.25) is 5.02 Å². The fourth-order valence-electron chi connectivity index (χ4n) is 1.23. The zero-order valence-corrected chi connectivity index (χ0v) is 7.90. The minimum absolute atomic E-state index is 0.0843. The van der Waals surface area contributed by atoms with Crippen LogP contribution in [0.5, 0.6) is 0 Å². The molecule has 0 amide bonds. The van der Waals surface area contributed by atoms with Crippen molar-refractivity contribution in [2.75, 3.05) is 13.2 Å². The monoisotopic (exact) mass is 214 g/mol. The zero-order valence-electron chi connectivity index (χ0n) is 7.14. The Balaban J connectivity index is 2.30. The summed E-state index contributed by atoms with van der Waals surface area (Å²) in [6.07, 6.45) is 1.22. The average Bonchev–Trinajstić information content (AvgIpc) is 2.04. The van der Waals surface area contributed by atoms with Crippen molar-refractivity contribution in [2.45, 2.75) is 5.92 Å². The van der Waals surface area contributed by atoms with E-state index < -0.39 is 4.92 Å². The molecule has 0 aliphatic carbocycles. The number of hydrogen-bond donors (Lipinski definition) is 0. The standard InChI is InChI=1S/C8H7ClN2O3/c9-7-1-6(11(12)13)2-10-8(7)5-3-14-4-5/h1-2,5H,3-4H2. The van der Waals surface area contributed by atoms with Gasteiger partial charge in [-0.2, -0.15) is 0 Å². The van der Waals surface area contributed by atoms with Gasteiger partial charge >= 0.3 is 0 Å². The molecule has 0 aromatic carbocycles. The number of halogens is 1. The topological polar surface area (TPSA) is 65.3 Å². The summed E-state index contributed by atoms with van der Waals surface area (Å²) in [4.78, 5) is 13.9. The Labute approximate surface area is 84.8 Å². The number of aromatic nitrogens is 1. The molecule has 1 saturated heterocycles. The van der Waals surface area contributed by atoms with Crippen LogP contribution < -0.4 is 0 Å². The molecule has 5 nitrogen and oxygen atoms in total. The summed E-state index contributed by atoms with van der Waals surface area (Å²) < 4.78 is 4.99. The van der Waals surface area contributed by atoms with Crippen LogP contribution in [0.3, 0.4) is 0 Å². The average molecular weight is 215 g/mol. The van der Waals surface area contributed by atoms with Crippen LogP contribution in [-0.2, 0) is 4.74 Å². The lowest BCUT2D eigenvalue weighted by Gasteiger charge is -2.25. The molecule has 74 valence electrons. The minimum Gasteiger partial charge on any atom is -0.380 e. The van der Waals surface area contributed by atoms with Crippen LogP contribution in [0.25, 0.3) is 0 Å². The number of nitrogens with zero attached hydrogens (tertiary/aromatic N) is 2. The van der Waals surface area contributed by atoms with E-state index in [9.17, 15) is 10.1 Å². The number of hydrogen-bond acceptors (Lipinski definition) is 4. The van der Waals surface area contributed by atoms with Gasteiger partial charge < -0.3 is 4.74 Å². The molecular formula is C8H7ClN2O3. The van der Waals surface area contributed by atoms with E-state index >= 15 is 0 Å². The van der Waals surface area contributed by atoms with Gasteiger partial charge in [0.2, 0.25) is 0 Å². The SMILES string of the molecule is O=[N+]([O-])c1cnc(C2COC2)c(Cl)c1.